The summed E-state index contributed by atoms with van der Waals surface area (Å²) in [6.45, 7) is 3.74. The van der Waals surface area contributed by atoms with Crippen molar-refractivity contribution in [3.05, 3.63) is 41.1 Å². The first kappa shape index (κ1) is 28.3. The van der Waals surface area contributed by atoms with Gasteiger partial charge in [-0.25, -0.2) is 27.3 Å². The minimum Gasteiger partial charge on any atom is -0.349 e. The van der Waals surface area contributed by atoms with Gasteiger partial charge >= 0.3 is 0 Å². The zero-order chi connectivity index (χ0) is 30.1. The van der Waals surface area contributed by atoms with Crippen molar-refractivity contribution in [2.75, 3.05) is 0 Å². The lowest BCUT2D eigenvalue weighted by molar-refractivity contribution is -0.215. The lowest BCUT2D eigenvalue weighted by atomic mass is 9.41. The van der Waals surface area contributed by atoms with Crippen LogP contribution in [0.5, 0.6) is 0 Å². The van der Waals surface area contributed by atoms with E-state index in [1.807, 2.05) is 19.9 Å². The average molecular weight is 600 g/mol. The van der Waals surface area contributed by atoms with Crippen molar-refractivity contribution in [2.24, 2.45) is 17.3 Å². The van der Waals surface area contributed by atoms with E-state index in [1.165, 1.54) is 0 Å². The fraction of sp³-hybridized carbons (Fsp3) is 0.667. The van der Waals surface area contributed by atoms with Crippen molar-refractivity contribution in [3.8, 4) is 0 Å². The van der Waals surface area contributed by atoms with E-state index in [0.717, 1.165) is 18.4 Å². The molecule has 2 atom stereocenters. The molecule has 0 saturated heterocycles. The molecule has 5 fully saturated rings. The largest absolute Gasteiger partial charge is 0.349 e. The van der Waals surface area contributed by atoms with Crippen LogP contribution in [-0.4, -0.2) is 48.3 Å². The van der Waals surface area contributed by atoms with E-state index in [2.05, 4.69) is 26.0 Å². The number of fused-ring (bicyclic) bond motifs is 1. The predicted octanol–water partition coefficient (Wildman–Crippen LogP) is 5.38. The molecule has 0 aliphatic heterocycles. The van der Waals surface area contributed by atoms with E-state index in [4.69, 9.17) is 9.61 Å². The quantitative estimate of drug-likeness (QED) is 0.320. The van der Waals surface area contributed by atoms with Crippen LogP contribution < -0.4 is 10.6 Å². The molecule has 3 aromatic rings. The van der Waals surface area contributed by atoms with Gasteiger partial charge in [0.2, 0.25) is 11.8 Å². The molecule has 5 aliphatic carbocycles. The second-order valence-corrected chi connectivity index (χ2v) is 13.8. The van der Waals surface area contributed by atoms with Gasteiger partial charge in [-0.3, -0.25) is 9.59 Å². The molecule has 0 unspecified atom stereocenters. The Hall–Kier alpha value is -3.51. The van der Waals surface area contributed by atoms with Gasteiger partial charge in [0, 0.05) is 25.2 Å². The third-order valence-electron chi connectivity index (χ3n) is 9.85. The molecule has 230 valence electrons. The van der Waals surface area contributed by atoms with Crippen molar-refractivity contribution in [2.45, 2.75) is 108 Å². The van der Waals surface area contributed by atoms with E-state index in [1.54, 1.807) is 16.9 Å². The van der Waals surface area contributed by atoms with Crippen LogP contribution in [0.1, 0.15) is 123 Å². The summed E-state index contributed by atoms with van der Waals surface area (Å²) in [7, 11) is 0. The fourth-order valence-corrected chi connectivity index (χ4v) is 7.52. The first-order valence-electron chi connectivity index (χ1n) is 15.3. The first-order chi connectivity index (χ1) is 20.4. The van der Waals surface area contributed by atoms with Gasteiger partial charge in [0.1, 0.15) is 11.4 Å². The first-order valence-corrected chi connectivity index (χ1v) is 15.3. The summed E-state index contributed by atoms with van der Waals surface area (Å²) in [6.07, 6.45) is 7.10. The molecule has 3 heterocycles. The van der Waals surface area contributed by atoms with Crippen LogP contribution in [0, 0.1) is 17.3 Å². The van der Waals surface area contributed by atoms with E-state index in [-0.39, 0.29) is 60.6 Å². The highest BCUT2D eigenvalue weighted by Gasteiger charge is 2.69. The summed E-state index contributed by atoms with van der Waals surface area (Å²) in [5.74, 6) is -3.37. The molecular formula is C30H36F3N7O3. The van der Waals surface area contributed by atoms with Crippen molar-refractivity contribution in [3.63, 3.8) is 0 Å². The van der Waals surface area contributed by atoms with Gasteiger partial charge in [0.15, 0.2) is 11.3 Å². The van der Waals surface area contributed by atoms with Crippen LogP contribution in [-0.2, 0) is 4.79 Å². The van der Waals surface area contributed by atoms with Crippen LogP contribution in [0.25, 0.3) is 5.65 Å². The highest BCUT2D eigenvalue weighted by atomic mass is 19.3. The number of nitrogens with one attached hydrogen (secondary N) is 2. The standard InChI is InChI=1S/C30H36F3N7O3/c1-16(2)23-26(39-43-38-23)27(42)37-25(18-5-7-30(32,33)8-6-18)20-12-40-21(35-20)9-19(11-34-40)24(17-3-4-17)36-22(41)10-28-13-29(31,14-28)15-28/h9,11-12,16-18,24-25H,3-8,10,13-15H2,1-2H3,(H,36,41)(H,37,42)/t24-,25+,28-,29+/m1/s1. The number of halogens is 3. The van der Waals surface area contributed by atoms with Gasteiger partial charge in [-0.15, -0.1) is 0 Å². The molecule has 8 rings (SSSR count). The van der Waals surface area contributed by atoms with Crippen LogP contribution in [0.15, 0.2) is 23.1 Å². The Balaban J connectivity index is 1.13. The summed E-state index contributed by atoms with van der Waals surface area (Å²) in [5.41, 5.74) is 1.13. The molecule has 2 N–H and O–H groups in total. The Morgan fingerprint density at radius 2 is 1.72 bits per heavy atom. The van der Waals surface area contributed by atoms with Crippen LogP contribution in [0.2, 0.25) is 0 Å². The molecular weight excluding hydrogens is 563 g/mol. The topological polar surface area (TPSA) is 127 Å². The summed E-state index contributed by atoms with van der Waals surface area (Å²) in [6, 6.07) is 1.00. The highest BCUT2D eigenvalue weighted by Crippen LogP contribution is 2.71. The number of carbonyl (C=O) groups is 2. The third-order valence-corrected chi connectivity index (χ3v) is 9.85. The number of nitrogens with zero attached hydrogens (tertiary/aromatic N) is 5. The second-order valence-electron chi connectivity index (χ2n) is 13.8. The average Bonchev–Trinajstić information content (AvgIpc) is 3.47. The maximum Gasteiger partial charge on any atom is 0.276 e. The van der Waals surface area contributed by atoms with Crippen molar-refractivity contribution < 1.29 is 27.4 Å². The summed E-state index contributed by atoms with van der Waals surface area (Å²) in [4.78, 5) is 31.1. The number of hydrogen-bond acceptors (Lipinski definition) is 7. The molecule has 10 nitrogen and oxygen atoms in total. The van der Waals surface area contributed by atoms with Gasteiger partial charge in [-0.05, 0) is 79.0 Å². The van der Waals surface area contributed by atoms with E-state index in [9.17, 15) is 22.8 Å². The molecule has 43 heavy (non-hydrogen) atoms. The number of imidazole rings is 1. The number of rotatable bonds is 10. The minimum absolute atomic E-state index is 0.0638. The zero-order valence-corrected chi connectivity index (χ0v) is 24.3. The number of amides is 2. The number of carbonyl (C=O) groups excluding carboxylic acids is 2. The van der Waals surface area contributed by atoms with Gasteiger partial charge < -0.3 is 10.6 Å². The second kappa shape index (κ2) is 10.0. The smallest absolute Gasteiger partial charge is 0.276 e. The molecule has 0 radical (unpaired) electrons. The molecule has 0 aromatic carbocycles. The lowest BCUT2D eigenvalue weighted by Crippen LogP contribution is -2.65. The van der Waals surface area contributed by atoms with Gasteiger partial charge in [0.25, 0.3) is 5.91 Å². The lowest BCUT2D eigenvalue weighted by Gasteiger charge is -2.65. The number of aromatic nitrogens is 5. The Kier molecular flexibility index (Phi) is 6.59. The van der Waals surface area contributed by atoms with Crippen LogP contribution in [0.4, 0.5) is 13.2 Å². The normalized spacial score (nSPS) is 27.8. The zero-order valence-electron chi connectivity index (χ0n) is 24.3. The molecule has 2 amide bonds. The summed E-state index contributed by atoms with van der Waals surface area (Å²) < 4.78 is 48.5. The number of hydrogen-bond donors (Lipinski definition) is 2. The van der Waals surface area contributed by atoms with Gasteiger partial charge in [0.05, 0.1) is 30.2 Å². The van der Waals surface area contributed by atoms with E-state index < -0.39 is 23.5 Å². The van der Waals surface area contributed by atoms with Crippen LogP contribution in [0.3, 0.4) is 0 Å². The Morgan fingerprint density at radius 1 is 1.02 bits per heavy atom. The maximum atomic E-state index is 14.1. The highest BCUT2D eigenvalue weighted by molar-refractivity contribution is 5.93. The Morgan fingerprint density at radius 3 is 2.37 bits per heavy atom. The Bertz CT molecular complexity index is 1540. The summed E-state index contributed by atoms with van der Waals surface area (Å²) >= 11 is 0. The predicted molar refractivity (Wildman–Crippen MR) is 147 cm³/mol. The molecule has 3 aromatic heterocycles. The molecule has 0 spiro atoms. The maximum absolute atomic E-state index is 14.1. The molecule has 5 aliphatic rings. The van der Waals surface area contributed by atoms with Crippen molar-refractivity contribution in [1.29, 1.82) is 0 Å². The van der Waals surface area contributed by atoms with E-state index in [0.29, 0.717) is 48.6 Å². The van der Waals surface area contributed by atoms with Crippen LogP contribution >= 0.6 is 0 Å². The third kappa shape index (κ3) is 5.39. The fourth-order valence-electron chi connectivity index (χ4n) is 7.52. The SMILES string of the molecule is CC(C)c1nonc1C(=O)N[C@H](c1cn2ncc([C@H](NC(=O)C[C@]34C[C@@](F)(C3)C4)C3CC3)cc2n1)C1CCC(F)(F)CC1. The van der Waals surface area contributed by atoms with Crippen molar-refractivity contribution >= 4 is 17.5 Å². The molecule has 13 heteroatoms. The number of alkyl halides is 3. The van der Waals surface area contributed by atoms with Crippen molar-refractivity contribution in [1.82, 2.24) is 35.5 Å². The summed E-state index contributed by atoms with van der Waals surface area (Å²) in [5, 5.41) is 18.4. The molecule has 5 saturated carbocycles. The monoisotopic (exact) mass is 599 g/mol. The van der Waals surface area contributed by atoms with E-state index >= 15 is 0 Å². The van der Waals surface area contributed by atoms with Gasteiger partial charge in [-0.1, -0.05) is 19.0 Å². The van der Waals surface area contributed by atoms with Gasteiger partial charge in [-0.2, -0.15) is 5.10 Å². The molecule has 2 bridgehead atoms. The minimum atomic E-state index is -2.73. The Labute approximate surface area is 246 Å².